The number of benzene rings is 1. The van der Waals surface area contributed by atoms with Gasteiger partial charge >= 0.3 is 0 Å². The van der Waals surface area contributed by atoms with E-state index in [4.69, 9.17) is 5.73 Å². The van der Waals surface area contributed by atoms with Gasteiger partial charge in [-0.25, -0.2) is 0 Å². The SMILES string of the molecule is CC(C)C(CN=C(N)N(C)C1CC1)c1ccccc1. The summed E-state index contributed by atoms with van der Waals surface area (Å²) < 4.78 is 0. The number of aliphatic imine (C=N–C) groups is 1. The van der Waals surface area contributed by atoms with Gasteiger partial charge in [0.25, 0.3) is 0 Å². The molecule has 0 aliphatic heterocycles. The van der Waals surface area contributed by atoms with Crippen LogP contribution in [0.5, 0.6) is 0 Å². The Morgan fingerprint density at radius 3 is 2.47 bits per heavy atom. The first-order valence-electron chi connectivity index (χ1n) is 7.17. The summed E-state index contributed by atoms with van der Waals surface area (Å²) in [6.45, 7) is 5.26. The van der Waals surface area contributed by atoms with E-state index in [0.717, 1.165) is 6.54 Å². The van der Waals surface area contributed by atoms with Gasteiger partial charge in [0.1, 0.15) is 0 Å². The number of hydrogen-bond acceptors (Lipinski definition) is 1. The van der Waals surface area contributed by atoms with Gasteiger partial charge in [-0.05, 0) is 24.3 Å². The van der Waals surface area contributed by atoms with Crippen molar-refractivity contribution in [2.75, 3.05) is 13.6 Å². The van der Waals surface area contributed by atoms with Gasteiger partial charge in [0.05, 0.1) is 0 Å². The monoisotopic (exact) mass is 259 g/mol. The van der Waals surface area contributed by atoms with Crippen LogP contribution < -0.4 is 5.73 Å². The lowest BCUT2D eigenvalue weighted by atomic mass is 9.88. The van der Waals surface area contributed by atoms with Gasteiger partial charge < -0.3 is 10.6 Å². The summed E-state index contributed by atoms with van der Waals surface area (Å²) in [7, 11) is 2.05. The first-order valence-corrected chi connectivity index (χ1v) is 7.17. The Kier molecular flexibility index (Phi) is 4.46. The molecule has 1 aromatic rings. The lowest BCUT2D eigenvalue weighted by Gasteiger charge is -2.22. The second-order valence-electron chi connectivity index (χ2n) is 5.80. The van der Waals surface area contributed by atoms with Crippen LogP contribution in [-0.2, 0) is 0 Å². The van der Waals surface area contributed by atoms with Crippen molar-refractivity contribution >= 4 is 5.96 Å². The number of nitrogens with two attached hydrogens (primary N) is 1. The van der Waals surface area contributed by atoms with Crippen molar-refractivity contribution in [1.82, 2.24) is 4.90 Å². The van der Waals surface area contributed by atoms with Crippen LogP contribution in [0, 0.1) is 5.92 Å². The molecule has 0 heterocycles. The molecule has 1 aromatic carbocycles. The topological polar surface area (TPSA) is 41.6 Å². The van der Waals surface area contributed by atoms with Crippen molar-refractivity contribution in [2.45, 2.75) is 38.6 Å². The lowest BCUT2D eigenvalue weighted by molar-refractivity contribution is 0.474. The van der Waals surface area contributed by atoms with Crippen LogP contribution in [-0.4, -0.2) is 30.5 Å². The molecule has 19 heavy (non-hydrogen) atoms. The van der Waals surface area contributed by atoms with Gasteiger partial charge in [-0.2, -0.15) is 0 Å². The molecule has 0 saturated heterocycles. The highest BCUT2D eigenvalue weighted by molar-refractivity contribution is 5.78. The van der Waals surface area contributed by atoms with E-state index in [1.807, 2.05) is 7.05 Å². The average Bonchev–Trinajstić information content (AvgIpc) is 3.23. The van der Waals surface area contributed by atoms with E-state index in [9.17, 15) is 0 Å². The summed E-state index contributed by atoms with van der Waals surface area (Å²) in [6.07, 6.45) is 2.50. The molecular weight excluding hydrogens is 234 g/mol. The highest BCUT2D eigenvalue weighted by Crippen LogP contribution is 2.26. The molecule has 104 valence electrons. The molecule has 0 radical (unpaired) electrons. The van der Waals surface area contributed by atoms with Crippen LogP contribution >= 0.6 is 0 Å². The van der Waals surface area contributed by atoms with Crippen molar-refractivity contribution < 1.29 is 0 Å². The summed E-state index contributed by atoms with van der Waals surface area (Å²) in [5.41, 5.74) is 7.41. The molecule has 0 spiro atoms. The summed E-state index contributed by atoms with van der Waals surface area (Å²) >= 11 is 0. The lowest BCUT2D eigenvalue weighted by Crippen LogP contribution is -2.36. The van der Waals surface area contributed by atoms with Crippen molar-refractivity contribution in [3.63, 3.8) is 0 Å². The van der Waals surface area contributed by atoms with Gasteiger partial charge in [0, 0.05) is 25.6 Å². The second kappa shape index (κ2) is 6.09. The molecule has 1 fully saturated rings. The van der Waals surface area contributed by atoms with E-state index in [1.165, 1.54) is 18.4 Å². The highest BCUT2D eigenvalue weighted by Gasteiger charge is 2.27. The zero-order valence-corrected chi connectivity index (χ0v) is 12.2. The molecular formula is C16H25N3. The summed E-state index contributed by atoms with van der Waals surface area (Å²) in [5.74, 6) is 1.68. The van der Waals surface area contributed by atoms with E-state index in [0.29, 0.717) is 23.8 Å². The molecule has 0 aromatic heterocycles. The Morgan fingerprint density at radius 1 is 1.32 bits per heavy atom. The molecule has 3 nitrogen and oxygen atoms in total. The normalized spacial score (nSPS) is 17.6. The maximum atomic E-state index is 6.06. The number of nitrogens with zero attached hydrogens (tertiary/aromatic N) is 2. The zero-order valence-electron chi connectivity index (χ0n) is 12.2. The molecule has 1 aliphatic carbocycles. The molecule has 1 unspecified atom stereocenters. The molecule has 3 heteroatoms. The third kappa shape index (κ3) is 3.72. The molecule has 0 amide bonds. The third-order valence-electron chi connectivity index (χ3n) is 3.94. The Morgan fingerprint density at radius 2 is 1.95 bits per heavy atom. The fourth-order valence-corrected chi connectivity index (χ4v) is 2.35. The second-order valence-corrected chi connectivity index (χ2v) is 5.80. The van der Waals surface area contributed by atoms with E-state index >= 15 is 0 Å². The Hall–Kier alpha value is -1.51. The Bertz CT molecular complexity index is 421. The van der Waals surface area contributed by atoms with Crippen LogP contribution in [0.25, 0.3) is 0 Å². The van der Waals surface area contributed by atoms with E-state index in [2.05, 4.69) is 54.1 Å². The van der Waals surface area contributed by atoms with E-state index in [1.54, 1.807) is 0 Å². The van der Waals surface area contributed by atoms with Crippen LogP contribution in [0.15, 0.2) is 35.3 Å². The Balaban J connectivity index is 2.03. The van der Waals surface area contributed by atoms with Crippen LogP contribution in [0.4, 0.5) is 0 Å². The maximum absolute atomic E-state index is 6.06. The minimum Gasteiger partial charge on any atom is -0.370 e. The summed E-state index contributed by atoms with van der Waals surface area (Å²) in [6, 6.07) is 11.2. The fourth-order valence-electron chi connectivity index (χ4n) is 2.35. The molecule has 2 rings (SSSR count). The number of hydrogen-bond donors (Lipinski definition) is 1. The van der Waals surface area contributed by atoms with Crippen molar-refractivity contribution in [3.05, 3.63) is 35.9 Å². The van der Waals surface area contributed by atoms with Crippen LogP contribution in [0.1, 0.15) is 38.2 Å². The standard InChI is InChI=1S/C16H25N3/c1-12(2)15(13-7-5-4-6-8-13)11-18-16(17)19(3)14-9-10-14/h4-8,12,14-15H,9-11H2,1-3H3,(H2,17,18). The quantitative estimate of drug-likeness (QED) is 0.652. The average molecular weight is 259 g/mol. The molecule has 1 atom stereocenters. The van der Waals surface area contributed by atoms with Gasteiger partial charge in [-0.15, -0.1) is 0 Å². The highest BCUT2D eigenvalue weighted by atomic mass is 15.3. The fraction of sp³-hybridized carbons (Fsp3) is 0.562. The van der Waals surface area contributed by atoms with Crippen molar-refractivity contribution in [1.29, 1.82) is 0 Å². The van der Waals surface area contributed by atoms with Gasteiger partial charge in [0.15, 0.2) is 5.96 Å². The van der Waals surface area contributed by atoms with E-state index in [-0.39, 0.29) is 0 Å². The summed E-state index contributed by atoms with van der Waals surface area (Å²) in [4.78, 5) is 6.72. The predicted octanol–water partition coefficient (Wildman–Crippen LogP) is 2.84. The molecule has 1 aliphatic rings. The van der Waals surface area contributed by atoms with Crippen LogP contribution in [0.3, 0.4) is 0 Å². The minimum atomic E-state index is 0.437. The zero-order chi connectivity index (χ0) is 13.8. The van der Waals surface area contributed by atoms with Crippen molar-refractivity contribution in [2.24, 2.45) is 16.6 Å². The van der Waals surface area contributed by atoms with Crippen molar-refractivity contribution in [3.8, 4) is 0 Å². The largest absolute Gasteiger partial charge is 0.370 e. The number of guanidine groups is 1. The minimum absolute atomic E-state index is 0.437. The van der Waals surface area contributed by atoms with Crippen LogP contribution in [0.2, 0.25) is 0 Å². The maximum Gasteiger partial charge on any atom is 0.191 e. The first-order chi connectivity index (χ1) is 9.09. The summed E-state index contributed by atoms with van der Waals surface area (Å²) in [5, 5.41) is 0. The van der Waals surface area contributed by atoms with Gasteiger partial charge in [0.2, 0.25) is 0 Å². The van der Waals surface area contributed by atoms with Gasteiger partial charge in [-0.1, -0.05) is 44.2 Å². The van der Waals surface area contributed by atoms with E-state index < -0.39 is 0 Å². The smallest absolute Gasteiger partial charge is 0.191 e. The molecule has 1 saturated carbocycles. The molecule has 2 N–H and O–H groups in total. The third-order valence-corrected chi connectivity index (χ3v) is 3.94. The van der Waals surface area contributed by atoms with Gasteiger partial charge in [-0.3, -0.25) is 4.99 Å². The molecule has 0 bridgehead atoms. The number of rotatable bonds is 5. The first kappa shape index (κ1) is 13.9. The predicted molar refractivity (Wildman–Crippen MR) is 81.3 cm³/mol. The Labute approximate surface area is 116 Å².